The molecule has 0 bridgehead atoms. The van der Waals surface area contributed by atoms with Crippen molar-refractivity contribution in [2.24, 2.45) is 10.8 Å². The number of carboxylic acid groups (broad SMARTS) is 3. The molecule has 3 rings (SSSR count). The van der Waals surface area contributed by atoms with Crippen LogP contribution in [-0.2, 0) is 19.2 Å². The number of halogens is 1. The van der Waals surface area contributed by atoms with Gasteiger partial charge in [0.05, 0.1) is 0 Å². The molecule has 0 atom stereocenters. The number of carboxylic acids is 3. The van der Waals surface area contributed by atoms with Gasteiger partial charge < -0.3 is 20.6 Å². The largest absolute Gasteiger partial charge is 0.480 e. The average Bonchev–Trinajstić information content (AvgIpc) is 2.46. The molecular formula is C18H20FNO7. The van der Waals surface area contributed by atoms with Gasteiger partial charge in [0.1, 0.15) is 11.2 Å². The van der Waals surface area contributed by atoms with Crippen LogP contribution >= 0.6 is 0 Å². The molecule has 2 aliphatic carbocycles. The Hall–Kier alpha value is -2.97. The fourth-order valence-corrected chi connectivity index (χ4v) is 2.90. The zero-order valence-electron chi connectivity index (χ0n) is 14.4. The molecule has 1 aromatic carbocycles. The number of benzene rings is 1. The first kappa shape index (κ1) is 20.3. The summed E-state index contributed by atoms with van der Waals surface area (Å²) >= 11 is 0. The van der Waals surface area contributed by atoms with Crippen LogP contribution in [0, 0.1) is 16.6 Å². The van der Waals surface area contributed by atoms with Crippen LogP contribution in [0.2, 0.25) is 0 Å². The lowest BCUT2D eigenvalue weighted by atomic mass is 9.68. The first-order valence-corrected chi connectivity index (χ1v) is 8.41. The van der Waals surface area contributed by atoms with Gasteiger partial charge in [-0.3, -0.25) is 19.2 Å². The Morgan fingerprint density at radius 3 is 1.44 bits per heavy atom. The quantitative estimate of drug-likeness (QED) is 0.574. The minimum Gasteiger partial charge on any atom is -0.480 e. The van der Waals surface area contributed by atoms with E-state index in [2.05, 4.69) is 5.32 Å². The highest BCUT2D eigenvalue weighted by atomic mass is 19.1. The standard InChI is InChI=1S/C12H12FNO3.C6H8O4/c13-8-2-4-9(5-3-8)14-10(15)12(11(16)17)6-1-7-12;7-4(8)6(5(9)10)2-1-3-6/h2-5H,1,6-7H2,(H,14,15)(H,16,17);1-3H2,(H,7,8)(H,9,10). The molecule has 2 saturated carbocycles. The smallest absolute Gasteiger partial charge is 0.321 e. The molecular weight excluding hydrogens is 361 g/mol. The Bertz CT molecular complexity index is 735. The molecule has 27 heavy (non-hydrogen) atoms. The van der Waals surface area contributed by atoms with Gasteiger partial charge in [-0.1, -0.05) is 6.42 Å². The zero-order valence-corrected chi connectivity index (χ0v) is 14.4. The summed E-state index contributed by atoms with van der Waals surface area (Å²) in [4.78, 5) is 43.7. The van der Waals surface area contributed by atoms with Gasteiger partial charge in [-0.05, 0) is 56.4 Å². The molecule has 0 unspecified atom stereocenters. The number of anilines is 1. The molecule has 4 N–H and O–H groups in total. The SMILES string of the molecule is O=C(O)C1(C(=O)Nc2ccc(F)cc2)CCC1.O=C(O)C1(C(=O)O)CCC1. The number of carbonyl (C=O) groups excluding carboxylic acids is 1. The molecule has 2 aliphatic rings. The van der Waals surface area contributed by atoms with Gasteiger partial charge in [0, 0.05) is 5.69 Å². The van der Waals surface area contributed by atoms with Gasteiger partial charge in [0.2, 0.25) is 5.91 Å². The van der Waals surface area contributed by atoms with Crippen LogP contribution in [0.4, 0.5) is 10.1 Å². The van der Waals surface area contributed by atoms with Crippen molar-refractivity contribution in [3.63, 3.8) is 0 Å². The number of hydrogen-bond acceptors (Lipinski definition) is 4. The number of rotatable bonds is 5. The summed E-state index contributed by atoms with van der Waals surface area (Å²) in [6.45, 7) is 0. The number of amides is 1. The van der Waals surface area contributed by atoms with Gasteiger partial charge in [0.25, 0.3) is 0 Å². The first-order valence-electron chi connectivity index (χ1n) is 8.41. The molecule has 9 heteroatoms. The number of carbonyl (C=O) groups is 4. The number of nitrogens with one attached hydrogen (secondary N) is 1. The second-order valence-electron chi connectivity index (χ2n) is 6.75. The van der Waals surface area contributed by atoms with Gasteiger partial charge in [-0.2, -0.15) is 0 Å². The molecule has 8 nitrogen and oxygen atoms in total. The maximum Gasteiger partial charge on any atom is 0.321 e. The van der Waals surface area contributed by atoms with Crippen LogP contribution in [0.25, 0.3) is 0 Å². The topological polar surface area (TPSA) is 141 Å². The number of aliphatic carboxylic acids is 3. The molecule has 0 saturated heterocycles. The summed E-state index contributed by atoms with van der Waals surface area (Å²) in [5, 5.41) is 28.5. The normalized spacial score (nSPS) is 18.6. The maximum absolute atomic E-state index is 12.7. The van der Waals surface area contributed by atoms with Crippen molar-refractivity contribution < 1.29 is 38.9 Å². The van der Waals surface area contributed by atoms with E-state index in [1.54, 1.807) is 0 Å². The van der Waals surface area contributed by atoms with Crippen molar-refractivity contribution in [1.29, 1.82) is 0 Å². The summed E-state index contributed by atoms with van der Waals surface area (Å²) < 4.78 is 12.7. The third kappa shape index (κ3) is 3.91. The molecule has 0 aromatic heterocycles. The molecule has 0 heterocycles. The van der Waals surface area contributed by atoms with Crippen LogP contribution in [0.1, 0.15) is 38.5 Å². The molecule has 0 spiro atoms. The molecule has 1 amide bonds. The van der Waals surface area contributed by atoms with E-state index in [4.69, 9.17) is 15.3 Å². The summed E-state index contributed by atoms with van der Waals surface area (Å²) in [6, 6.07) is 5.23. The summed E-state index contributed by atoms with van der Waals surface area (Å²) in [6.07, 6.45) is 2.71. The first-order chi connectivity index (χ1) is 12.6. The van der Waals surface area contributed by atoms with E-state index in [0.717, 1.165) is 6.42 Å². The molecule has 1 aromatic rings. The monoisotopic (exact) mass is 381 g/mol. The average molecular weight is 381 g/mol. The van der Waals surface area contributed by atoms with E-state index in [1.165, 1.54) is 24.3 Å². The highest BCUT2D eigenvalue weighted by Gasteiger charge is 2.52. The zero-order chi connectivity index (χ0) is 20.2. The van der Waals surface area contributed by atoms with Crippen molar-refractivity contribution in [2.75, 3.05) is 5.32 Å². The van der Waals surface area contributed by atoms with E-state index >= 15 is 0 Å². The lowest BCUT2D eigenvalue weighted by Crippen LogP contribution is -2.48. The van der Waals surface area contributed by atoms with E-state index in [-0.39, 0.29) is 12.8 Å². The van der Waals surface area contributed by atoms with Gasteiger partial charge in [-0.25, -0.2) is 4.39 Å². The third-order valence-electron chi connectivity index (χ3n) is 5.18. The summed E-state index contributed by atoms with van der Waals surface area (Å²) in [7, 11) is 0. The lowest BCUT2D eigenvalue weighted by molar-refractivity contribution is -0.171. The number of hydrogen-bond donors (Lipinski definition) is 4. The Kier molecular flexibility index (Phi) is 5.82. The lowest BCUT2D eigenvalue weighted by Gasteiger charge is -2.35. The Morgan fingerprint density at radius 2 is 1.19 bits per heavy atom. The van der Waals surface area contributed by atoms with Crippen molar-refractivity contribution in [3.05, 3.63) is 30.1 Å². The minimum atomic E-state index is -1.44. The van der Waals surface area contributed by atoms with Crippen LogP contribution in [0.15, 0.2) is 24.3 Å². The Balaban J connectivity index is 0.000000223. The van der Waals surface area contributed by atoms with Gasteiger partial charge >= 0.3 is 17.9 Å². The van der Waals surface area contributed by atoms with Crippen molar-refractivity contribution >= 4 is 29.5 Å². The predicted octanol–water partition coefficient (Wildman–Crippen LogP) is 2.34. The van der Waals surface area contributed by atoms with E-state index in [1.807, 2.05) is 0 Å². The molecule has 146 valence electrons. The Morgan fingerprint density at radius 1 is 0.778 bits per heavy atom. The van der Waals surface area contributed by atoms with Crippen LogP contribution in [0.5, 0.6) is 0 Å². The Labute approximate surface area is 154 Å². The fraction of sp³-hybridized carbons (Fsp3) is 0.444. The van der Waals surface area contributed by atoms with Crippen LogP contribution in [-0.4, -0.2) is 39.1 Å². The molecule has 0 radical (unpaired) electrons. The maximum atomic E-state index is 12.7. The fourth-order valence-electron chi connectivity index (χ4n) is 2.90. The molecule has 2 fully saturated rings. The van der Waals surface area contributed by atoms with E-state index in [0.29, 0.717) is 24.9 Å². The molecule has 0 aliphatic heterocycles. The van der Waals surface area contributed by atoms with E-state index < -0.39 is 40.5 Å². The van der Waals surface area contributed by atoms with Crippen LogP contribution < -0.4 is 5.32 Å². The highest BCUT2D eigenvalue weighted by molar-refractivity contribution is 6.09. The highest BCUT2D eigenvalue weighted by Crippen LogP contribution is 2.42. The van der Waals surface area contributed by atoms with Gasteiger partial charge in [-0.15, -0.1) is 0 Å². The summed E-state index contributed by atoms with van der Waals surface area (Å²) in [5.74, 6) is -4.43. The van der Waals surface area contributed by atoms with Gasteiger partial charge in [0.15, 0.2) is 5.41 Å². The third-order valence-corrected chi connectivity index (χ3v) is 5.18. The second-order valence-corrected chi connectivity index (χ2v) is 6.75. The second kappa shape index (κ2) is 7.73. The predicted molar refractivity (Wildman–Crippen MR) is 90.5 cm³/mol. The summed E-state index contributed by atoms with van der Waals surface area (Å²) in [5.41, 5.74) is -2.34. The van der Waals surface area contributed by atoms with Crippen LogP contribution in [0.3, 0.4) is 0 Å². The minimum absolute atomic E-state index is 0.275. The van der Waals surface area contributed by atoms with Crippen molar-refractivity contribution in [2.45, 2.75) is 38.5 Å². The van der Waals surface area contributed by atoms with E-state index in [9.17, 15) is 23.6 Å². The van der Waals surface area contributed by atoms with Crippen molar-refractivity contribution in [3.8, 4) is 0 Å². The van der Waals surface area contributed by atoms with Crippen molar-refractivity contribution in [1.82, 2.24) is 0 Å².